The summed E-state index contributed by atoms with van der Waals surface area (Å²) in [5.41, 5.74) is 0.801. The normalized spacial score (nSPS) is 15.9. The third kappa shape index (κ3) is 5.33. The van der Waals surface area contributed by atoms with E-state index in [1.807, 2.05) is 32.9 Å². The van der Waals surface area contributed by atoms with E-state index in [9.17, 15) is 9.59 Å². The third-order valence-corrected chi connectivity index (χ3v) is 5.33. The van der Waals surface area contributed by atoms with E-state index >= 15 is 0 Å². The van der Waals surface area contributed by atoms with Gasteiger partial charge >= 0.3 is 0 Å². The second kappa shape index (κ2) is 9.37. The molecule has 3 rings (SSSR count). The Morgan fingerprint density at radius 2 is 1.83 bits per heavy atom. The Hall–Kier alpha value is -2.45. The summed E-state index contributed by atoms with van der Waals surface area (Å²) in [6, 6.07) is 7.39. The van der Waals surface area contributed by atoms with Crippen LogP contribution in [0.4, 0.5) is 0 Å². The Morgan fingerprint density at radius 1 is 1.17 bits per heavy atom. The molecule has 1 aromatic carbocycles. The van der Waals surface area contributed by atoms with Crippen molar-refractivity contribution in [3.05, 3.63) is 40.9 Å². The average Bonchev–Trinajstić information content (AvgIpc) is 3.10. The van der Waals surface area contributed by atoms with Crippen molar-refractivity contribution in [2.24, 2.45) is 0 Å². The summed E-state index contributed by atoms with van der Waals surface area (Å²) in [6.07, 6.45) is 0.906. The zero-order valence-electron chi connectivity index (χ0n) is 17.1. The van der Waals surface area contributed by atoms with Crippen LogP contribution in [0.25, 0.3) is 5.69 Å². The predicted octanol–water partition coefficient (Wildman–Crippen LogP) is 1.90. The van der Waals surface area contributed by atoms with Gasteiger partial charge in [-0.05, 0) is 44.5 Å². The van der Waals surface area contributed by atoms with Gasteiger partial charge in [-0.15, -0.1) is 5.10 Å². The smallest absolute Gasteiger partial charge is 0.293 e. The quantitative estimate of drug-likeness (QED) is 0.774. The molecule has 1 fully saturated rings. The molecule has 1 aliphatic rings. The molecular weight excluding hydrogens is 392 g/mol. The molecule has 0 spiro atoms. The van der Waals surface area contributed by atoms with E-state index in [4.69, 9.17) is 11.6 Å². The molecule has 1 atom stereocenters. The van der Waals surface area contributed by atoms with Crippen LogP contribution in [0.15, 0.2) is 24.3 Å². The number of nitrogens with zero attached hydrogens (tertiary/aromatic N) is 5. The van der Waals surface area contributed by atoms with Crippen LogP contribution in [0.5, 0.6) is 0 Å². The Bertz CT molecular complexity index is 858. The van der Waals surface area contributed by atoms with E-state index in [2.05, 4.69) is 20.3 Å². The van der Waals surface area contributed by atoms with E-state index in [0.717, 1.165) is 12.1 Å². The molecule has 1 unspecified atom stereocenters. The number of carbonyl (C=O) groups excluding carboxylic acids is 2. The molecular formula is C20H27ClN6O2. The van der Waals surface area contributed by atoms with Gasteiger partial charge < -0.3 is 10.2 Å². The number of rotatable bonds is 6. The average molecular weight is 419 g/mol. The first kappa shape index (κ1) is 21.3. The largest absolute Gasteiger partial charge is 0.353 e. The first-order valence-electron chi connectivity index (χ1n) is 9.88. The van der Waals surface area contributed by atoms with Crippen LogP contribution in [-0.4, -0.2) is 75.1 Å². The molecule has 2 heterocycles. The number of nitrogens with one attached hydrogen (secondary N) is 1. The van der Waals surface area contributed by atoms with E-state index in [1.54, 1.807) is 21.7 Å². The third-order valence-electron chi connectivity index (χ3n) is 5.08. The van der Waals surface area contributed by atoms with Gasteiger partial charge in [0.15, 0.2) is 0 Å². The summed E-state index contributed by atoms with van der Waals surface area (Å²) >= 11 is 5.94. The summed E-state index contributed by atoms with van der Waals surface area (Å²) in [4.78, 5) is 33.0. The molecule has 0 bridgehead atoms. The first-order valence-corrected chi connectivity index (χ1v) is 10.3. The maximum atomic E-state index is 12.8. The lowest BCUT2D eigenvalue weighted by Gasteiger charge is -2.33. The lowest BCUT2D eigenvalue weighted by molar-refractivity contribution is -0.123. The molecule has 1 aromatic heterocycles. The van der Waals surface area contributed by atoms with Crippen molar-refractivity contribution >= 4 is 23.4 Å². The van der Waals surface area contributed by atoms with E-state index in [1.165, 1.54) is 0 Å². The van der Waals surface area contributed by atoms with Crippen LogP contribution in [-0.2, 0) is 4.79 Å². The molecule has 156 valence electrons. The molecule has 9 heteroatoms. The van der Waals surface area contributed by atoms with Crippen molar-refractivity contribution in [3.63, 3.8) is 0 Å². The van der Waals surface area contributed by atoms with Gasteiger partial charge in [0.2, 0.25) is 11.7 Å². The van der Waals surface area contributed by atoms with E-state index < -0.39 is 0 Å². The van der Waals surface area contributed by atoms with Gasteiger partial charge in [-0.3, -0.25) is 14.5 Å². The first-order chi connectivity index (χ1) is 13.9. The summed E-state index contributed by atoms with van der Waals surface area (Å²) in [6.45, 7) is 8.59. The number of halogens is 1. The molecule has 1 saturated heterocycles. The van der Waals surface area contributed by atoms with Crippen LogP contribution in [0, 0.1) is 6.92 Å². The fraction of sp³-hybridized carbons (Fsp3) is 0.500. The SMILES string of the molecule is CCC(C)NC(=O)CN1CCN(C(=O)c2nc(C)n(-c3ccc(Cl)cc3)n2)CC1. The van der Waals surface area contributed by atoms with Crippen molar-refractivity contribution in [3.8, 4) is 5.69 Å². The second-order valence-electron chi connectivity index (χ2n) is 7.32. The molecule has 2 aromatic rings. The molecule has 29 heavy (non-hydrogen) atoms. The van der Waals surface area contributed by atoms with Gasteiger partial charge in [-0.2, -0.15) is 0 Å². The molecule has 8 nitrogen and oxygen atoms in total. The van der Waals surface area contributed by atoms with E-state index in [-0.39, 0.29) is 23.7 Å². The summed E-state index contributed by atoms with van der Waals surface area (Å²) in [5, 5.41) is 8.00. The minimum Gasteiger partial charge on any atom is -0.353 e. The lowest BCUT2D eigenvalue weighted by atomic mass is 10.2. The summed E-state index contributed by atoms with van der Waals surface area (Å²) in [7, 11) is 0. The van der Waals surface area contributed by atoms with Crippen molar-refractivity contribution in [1.82, 2.24) is 29.9 Å². The highest BCUT2D eigenvalue weighted by molar-refractivity contribution is 6.30. The van der Waals surface area contributed by atoms with Crippen molar-refractivity contribution in [2.75, 3.05) is 32.7 Å². The number of aromatic nitrogens is 3. The van der Waals surface area contributed by atoms with Crippen LogP contribution < -0.4 is 5.32 Å². The lowest BCUT2D eigenvalue weighted by Crippen LogP contribution is -2.51. The van der Waals surface area contributed by atoms with Crippen molar-refractivity contribution < 1.29 is 9.59 Å². The highest BCUT2D eigenvalue weighted by Gasteiger charge is 2.26. The molecule has 0 saturated carbocycles. The maximum absolute atomic E-state index is 12.8. The standard InChI is InChI=1S/C20H27ClN6O2/c1-4-14(2)22-18(28)13-25-9-11-26(12-10-25)20(29)19-23-15(3)27(24-19)17-7-5-16(21)6-8-17/h5-8,14H,4,9-13H2,1-3H3,(H,22,28). The summed E-state index contributed by atoms with van der Waals surface area (Å²) in [5.74, 6) is 0.652. The van der Waals surface area contributed by atoms with Gasteiger partial charge in [-0.25, -0.2) is 9.67 Å². The van der Waals surface area contributed by atoms with Crippen molar-refractivity contribution in [2.45, 2.75) is 33.2 Å². The fourth-order valence-corrected chi connectivity index (χ4v) is 3.31. The zero-order valence-corrected chi connectivity index (χ0v) is 17.8. The number of hydrogen-bond acceptors (Lipinski definition) is 5. The Balaban J connectivity index is 1.58. The molecule has 2 amide bonds. The second-order valence-corrected chi connectivity index (χ2v) is 7.75. The van der Waals surface area contributed by atoms with Crippen LogP contribution >= 0.6 is 11.6 Å². The van der Waals surface area contributed by atoms with Gasteiger partial charge in [-0.1, -0.05) is 18.5 Å². The Kier molecular flexibility index (Phi) is 6.87. The monoisotopic (exact) mass is 418 g/mol. The zero-order chi connectivity index (χ0) is 21.0. The molecule has 0 radical (unpaired) electrons. The maximum Gasteiger partial charge on any atom is 0.293 e. The number of amides is 2. The minimum absolute atomic E-state index is 0.0260. The predicted molar refractivity (Wildman–Crippen MR) is 111 cm³/mol. The fourth-order valence-electron chi connectivity index (χ4n) is 3.18. The van der Waals surface area contributed by atoms with Crippen LogP contribution in [0.2, 0.25) is 5.02 Å². The highest BCUT2D eigenvalue weighted by Crippen LogP contribution is 2.15. The summed E-state index contributed by atoms with van der Waals surface area (Å²) < 4.78 is 1.64. The number of piperazine rings is 1. The topological polar surface area (TPSA) is 83.4 Å². The van der Waals surface area contributed by atoms with Gasteiger partial charge in [0, 0.05) is 37.2 Å². The number of benzene rings is 1. The Morgan fingerprint density at radius 3 is 2.45 bits per heavy atom. The van der Waals surface area contributed by atoms with Crippen LogP contribution in [0.3, 0.4) is 0 Å². The number of carbonyl (C=O) groups is 2. The van der Waals surface area contributed by atoms with Gasteiger partial charge in [0.05, 0.1) is 12.2 Å². The molecule has 1 N–H and O–H groups in total. The van der Waals surface area contributed by atoms with E-state index in [0.29, 0.717) is 43.6 Å². The molecule has 1 aliphatic heterocycles. The van der Waals surface area contributed by atoms with Gasteiger partial charge in [0.1, 0.15) is 5.82 Å². The number of aryl methyl sites for hydroxylation is 1. The molecule has 0 aliphatic carbocycles. The minimum atomic E-state index is -0.190. The Labute approximate surface area is 175 Å². The number of hydrogen-bond donors (Lipinski definition) is 1. The van der Waals surface area contributed by atoms with Crippen molar-refractivity contribution in [1.29, 1.82) is 0 Å². The van der Waals surface area contributed by atoms with Crippen LogP contribution in [0.1, 0.15) is 36.7 Å². The van der Waals surface area contributed by atoms with Gasteiger partial charge in [0.25, 0.3) is 5.91 Å². The highest BCUT2D eigenvalue weighted by atomic mass is 35.5.